The molecule has 0 aliphatic carbocycles. The van der Waals surface area contributed by atoms with Gasteiger partial charge in [-0.1, -0.05) is 43.3 Å². The monoisotopic (exact) mass is 436 g/mol. The highest BCUT2D eigenvalue weighted by atomic mass is 16.2. The van der Waals surface area contributed by atoms with Crippen LogP contribution in [0.3, 0.4) is 0 Å². The van der Waals surface area contributed by atoms with Crippen LogP contribution in [0.4, 0.5) is 4.79 Å². The van der Waals surface area contributed by atoms with E-state index in [2.05, 4.69) is 10.6 Å². The minimum Gasteiger partial charge on any atom is -0.352 e. The van der Waals surface area contributed by atoms with E-state index in [9.17, 15) is 14.4 Å². The van der Waals surface area contributed by atoms with Gasteiger partial charge in [-0.05, 0) is 37.3 Å². The number of fused-ring (bicyclic) bond motifs is 4. The molecule has 2 bridgehead atoms. The molecule has 0 saturated carbocycles. The summed E-state index contributed by atoms with van der Waals surface area (Å²) in [6, 6.07) is 14.3. The minimum absolute atomic E-state index is 0.0275. The normalized spacial score (nSPS) is 21.2. The molecular weight excluding hydrogens is 404 g/mol. The van der Waals surface area contributed by atoms with E-state index in [1.165, 1.54) is 0 Å². The summed E-state index contributed by atoms with van der Waals surface area (Å²) in [7, 11) is 0. The predicted octanol–water partition coefficient (Wildman–Crippen LogP) is 2.50. The molecule has 1 fully saturated rings. The van der Waals surface area contributed by atoms with E-state index < -0.39 is 6.04 Å². The van der Waals surface area contributed by atoms with Crippen LogP contribution in [0, 0.1) is 5.92 Å². The van der Waals surface area contributed by atoms with Crippen molar-refractivity contribution in [2.45, 2.75) is 57.7 Å². The van der Waals surface area contributed by atoms with Gasteiger partial charge in [-0.3, -0.25) is 9.59 Å². The van der Waals surface area contributed by atoms with E-state index in [4.69, 9.17) is 0 Å². The number of urea groups is 1. The molecule has 1 aromatic heterocycles. The standard InChI is InChI=1S/C25H32N4O3/c1-3-17(2)26-24(31)21(13-18-8-5-4-6-9-18)27-25(32)28-14-19-12-20(16-28)22-10-7-11-23(30)29(22)15-19/h4-11,17,19-21H,3,12-16H2,1-2H3,(H,26,31)(H,27,32)/t17-,19-,20-,21-/m0/s1. The van der Waals surface area contributed by atoms with Gasteiger partial charge in [0.05, 0.1) is 0 Å². The molecule has 0 radical (unpaired) electrons. The number of amides is 3. The summed E-state index contributed by atoms with van der Waals surface area (Å²) in [5.74, 6) is 0.225. The molecule has 2 N–H and O–H groups in total. The van der Waals surface area contributed by atoms with Crippen molar-refractivity contribution in [3.8, 4) is 0 Å². The zero-order chi connectivity index (χ0) is 22.7. The van der Waals surface area contributed by atoms with Crippen LogP contribution in [0.5, 0.6) is 0 Å². The molecule has 0 unspecified atom stereocenters. The lowest BCUT2D eigenvalue weighted by molar-refractivity contribution is -0.123. The first kappa shape index (κ1) is 22.1. The van der Waals surface area contributed by atoms with Gasteiger partial charge in [-0.2, -0.15) is 0 Å². The number of carbonyl (C=O) groups is 2. The molecule has 4 atom stereocenters. The average Bonchev–Trinajstić information content (AvgIpc) is 2.79. The van der Waals surface area contributed by atoms with Crippen LogP contribution < -0.4 is 16.2 Å². The Labute approximate surface area is 188 Å². The number of carbonyl (C=O) groups excluding carboxylic acids is 2. The van der Waals surface area contributed by atoms with E-state index in [0.29, 0.717) is 26.1 Å². The lowest BCUT2D eigenvalue weighted by Crippen LogP contribution is -2.57. The number of hydrogen-bond acceptors (Lipinski definition) is 3. The molecule has 1 saturated heterocycles. The number of likely N-dealkylation sites (tertiary alicyclic amines) is 1. The summed E-state index contributed by atoms with van der Waals surface area (Å²) >= 11 is 0. The van der Waals surface area contributed by atoms with Crippen LogP contribution in [0.2, 0.25) is 0 Å². The lowest BCUT2D eigenvalue weighted by atomic mass is 9.83. The van der Waals surface area contributed by atoms with Crippen molar-refractivity contribution in [1.29, 1.82) is 0 Å². The van der Waals surface area contributed by atoms with Crippen molar-refractivity contribution in [3.63, 3.8) is 0 Å². The van der Waals surface area contributed by atoms with Gasteiger partial charge in [0.25, 0.3) is 5.56 Å². The SMILES string of the molecule is CC[C@H](C)NC(=O)[C@H](Cc1ccccc1)NC(=O)N1C[C@@H]2C[C@@H](C1)c1cccc(=O)n1C2. The molecule has 2 aromatic rings. The Balaban J connectivity index is 1.48. The molecule has 170 valence electrons. The predicted molar refractivity (Wildman–Crippen MR) is 123 cm³/mol. The van der Waals surface area contributed by atoms with Crippen molar-refractivity contribution < 1.29 is 9.59 Å². The van der Waals surface area contributed by atoms with E-state index in [-0.39, 0.29) is 35.4 Å². The molecule has 2 aliphatic rings. The van der Waals surface area contributed by atoms with Gasteiger partial charge in [0.15, 0.2) is 0 Å². The Kier molecular flexibility index (Phi) is 6.63. The molecule has 1 aromatic carbocycles. The van der Waals surface area contributed by atoms with Crippen molar-refractivity contribution in [2.24, 2.45) is 5.92 Å². The fourth-order valence-corrected chi connectivity index (χ4v) is 4.81. The van der Waals surface area contributed by atoms with Crippen LogP contribution in [0.15, 0.2) is 53.3 Å². The van der Waals surface area contributed by atoms with E-state index in [0.717, 1.165) is 24.1 Å². The molecule has 3 heterocycles. The van der Waals surface area contributed by atoms with Crippen LogP contribution in [-0.2, 0) is 17.8 Å². The first-order chi connectivity index (χ1) is 15.4. The van der Waals surface area contributed by atoms with Crippen LogP contribution in [0.1, 0.15) is 43.9 Å². The van der Waals surface area contributed by atoms with Gasteiger partial charge in [-0.25, -0.2) is 4.79 Å². The second-order valence-electron chi connectivity index (χ2n) is 9.11. The zero-order valence-corrected chi connectivity index (χ0v) is 18.8. The maximum absolute atomic E-state index is 13.2. The summed E-state index contributed by atoms with van der Waals surface area (Å²) in [6.07, 6.45) is 2.24. The van der Waals surface area contributed by atoms with Gasteiger partial charge in [0.1, 0.15) is 6.04 Å². The first-order valence-electron chi connectivity index (χ1n) is 11.5. The smallest absolute Gasteiger partial charge is 0.318 e. The summed E-state index contributed by atoms with van der Waals surface area (Å²) in [5.41, 5.74) is 2.03. The quantitative estimate of drug-likeness (QED) is 0.730. The highest BCUT2D eigenvalue weighted by Crippen LogP contribution is 2.34. The molecule has 4 rings (SSSR count). The van der Waals surface area contributed by atoms with Gasteiger partial charge >= 0.3 is 6.03 Å². The van der Waals surface area contributed by atoms with Gasteiger partial charge < -0.3 is 20.1 Å². The highest BCUT2D eigenvalue weighted by Gasteiger charge is 2.37. The molecule has 0 spiro atoms. The maximum Gasteiger partial charge on any atom is 0.318 e. The van der Waals surface area contributed by atoms with Gasteiger partial charge in [-0.15, -0.1) is 0 Å². The second-order valence-corrected chi connectivity index (χ2v) is 9.11. The summed E-state index contributed by atoms with van der Waals surface area (Å²) in [4.78, 5) is 40.2. The zero-order valence-electron chi connectivity index (χ0n) is 18.8. The molecule has 7 nitrogen and oxygen atoms in total. The van der Waals surface area contributed by atoms with Crippen LogP contribution in [-0.4, -0.2) is 46.6 Å². The Bertz CT molecular complexity index is 1020. The summed E-state index contributed by atoms with van der Waals surface area (Å²) < 4.78 is 1.85. The summed E-state index contributed by atoms with van der Waals surface area (Å²) in [5, 5.41) is 6.00. The molecular formula is C25H32N4O3. The molecule has 32 heavy (non-hydrogen) atoms. The first-order valence-corrected chi connectivity index (χ1v) is 11.5. The van der Waals surface area contributed by atoms with Crippen molar-refractivity contribution in [2.75, 3.05) is 13.1 Å². The average molecular weight is 437 g/mol. The Morgan fingerprint density at radius 1 is 1.03 bits per heavy atom. The van der Waals surface area contributed by atoms with Gasteiger partial charge in [0, 0.05) is 49.8 Å². The summed E-state index contributed by atoms with van der Waals surface area (Å²) in [6.45, 7) is 5.76. The fraction of sp³-hybridized carbons (Fsp3) is 0.480. The van der Waals surface area contributed by atoms with Crippen molar-refractivity contribution >= 4 is 11.9 Å². The van der Waals surface area contributed by atoms with Crippen molar-refractivity contribution in [1.82, 2.24) is 20.1 Å². The number of aromatic nitrogens is 1. The number of nitrogens with zero attached hydrogens (tertiary/aromatic N) is 2. The fourth-order valence-electron chi connectivity index (χ4n) is 4.81. The lowest BCUT2D eigenvalue weighted by Gasteiger charge is -2.43. The number of rotatable bonds is 6. The van der Waals surface area contributed by atoms with Gasteiger partial charge in [0.2, 0.25) is 5.91 Å². The van der Waals surface area contributed by atoms with Crippen LogP contribution >= 0.6 is 0 Å². The Morgan fingerprint density at radius 2 is 1.81 bits per heavy atom. The number of piperidine rings is 1. The second kappa shape index (κ2) is 9.59. The number of pyridine rings is 1. The minimum atomic E-state index is -0.643. The third kappa shape index (κ3) is 4.87. The number of hydrogen-bond donors (Lipinski definition) is 2. The Morgan fingerprint density at radius 3 is 2.56 bits per heavy atom. The molecule has 7 heteroatoms. The molecule has 2 aliphatic heterocycles. The topological polar surface area (TPSA) is 83.4 Å². The third-order valence-corrected chi connectivity index (χ3v) is 6.66. The van der Waals surface area contributed by atoms with Crippen LogP contribution in [0.25, 0.3) is 0 Å². The van der Waals surface area contributed by atoms with E-state index in [1.807, 2.05) is 59.7 Å². The van der Waals surface area contributed by atoms with Crippen molar-refractivity contribution in [3.05, 3.63) is 70.1 Å². The van der Waals surface area contributed by atoms with E-state index in [1.54, 1.807) is 12.1 Å². The third-order valence-electron chi connectivity index (χ3n) is 6.66. The largest absolute Gasteiger partial charge is 0.352 e. The highest BCUT2D eigenvalue weighted by molar-refractivity contribution is 5.87. The number of nitrogens with one attached hydrogen (secondary N) is 2. The Hall–Kier alpha value is -3.09. The molecule has 3 amide bonds. The number of benzene rings is 1. The van der Waals surface area contributed by atoms with E-state index >= 15 is 0 Å². The maximum atomic E-state index is 13.2.